The molecule has 2 amide bonds. The minimum absolute atomic E-state index is 0.103. The van der Waals surface area contributed by atoms with Crippen molar-refractivity contribution >= 4 is 28.3 Å². The summed E-state index contributed by atoms with van der Waals surface area (Å²) in [6.45, 7) is 4.82. The number of nitrogens with one attached hydrogen (secondary N) is 1. The lowest BCUT2D eigenvalue weighted by atomic mass is 10.2. The van der Waals surface area contributed by atoms with Gasteiger partial charge in [-0.3, -0.25) is 14.9 Å². The molecule has 1 aliphatic heterocycles. The zero-order chi connectivity index (χ0) is 20.3. The molecule has 0 saturated carbocycles. The van der Waals surface area contributed by atoms with E-state index < -0.39 is 15.9 Å². The smallest absolute Gasteiger partial charge is 0.258 e. The van der Waals surface area contributed by atoms with Crippen LogP contribution in [-0.2, 0) is 14.8 Å². The summed E-state index contributed by atoms with van der Waals surface area (Å²) in [5.74, 6) is -0.221. The Morgan fingerprint density at radius 1 is 1.04 bits per heavy atom. The number of carbonyl (C=O) groups excluding carboxylic acids is 2. The molecule has 0 atom stereocenters. The maximum atomic E-state index is 12.7. The van der Waals surface area contributed by atoms with Gasteiger partial charge in [0.2, 0.25) is 22.4 Å². The SMILES string of the molecule is Cc1cc(C)nc(NC(=O)c2ccc(S(=O)(=O)N3CCN(C=O)CC3)cc2)n1. The Bertz CT molecular complexity index is 963. The minimum atomic E-state index is -3.67. The lowest BCUT2D eigenvalue weighted by Crippen LogP contribution is -2.47. The van der Waals surface area contributed by atoms with Gasteiger partial charge in [-0.1, -0.05) is 0 Å². The fraction of sp³-hybridized carbons (Fsp3) is 0.333. The highest BCUT2D eigenvalue weighted by Crippen LogP contribution is 2.18. The highest BCUT2D eigenvalue weighted by Gasteiger charge is 2.28. The van der Waals surface area contributed by atoms with Gasteiger partial charge in [-0.2, -0.15) is 4.31 Å². The van der Waals surface area contributed by atoms with Crippen molar-refractivity contribution in [2.75, 3.05) is 31.5 Å². The number of amides is 2. The van der Waals surface area contributed by atoms with Gasteiger partial charge >= 0.3 is 0 Å². The van der Waals surface area contributed by atoms with Crippen LogP contribution in [0.15, 0.2) is 35.2 Å². The number of hydrogen-bond donors (Lipinski definition) is 1. The predicted molar refractivity (Wildman–Crippen MR) is 102 cm³/mol. The third kappa shape index (κ3) is 4.34. The molecule has 1 aromatic carbocycles. The quantitative estimate of drug-likeness (QED) is 0.739. The molecule has 10 heteroatoms. The monoisotopic (exact) mass is 403 g/mol. The van der Waals surface area contributed by atoms with Gasteiger partial charge in [-0.15, -0.1) is 0 Å². The number of anilines is 1. The van der Waals surface area contributed by atoms with E-state index in [1.54, 1.807) is 19.9 Å². The first-order valence-corrected chi connectivity index (χ1v) is 10.2. The Labute approximate surface area is 163 Å². The first kappa shape index (κ1) is 19.9. The molecule has 0 radical (unpaired) electrons. The average Bonchev–Trinajstić information content (AvgIpc) is 2.67. The van der Waals surface area contributed by atoms with E-state index >= 15 is 0 Å². The summed E-state index contributed by atoms with van der Waals surface area (Å²) in [4.78, 5) is 33.1. The Morgan fingerprint density at radius 2 is 1.61 bits per heavy atom. The molecule has 9 nitrogen and oxygen atoms in total. The van der Waals surface area contributed by atoms with Crippen molar-refractivity contribution in [1.29, 1.82) is 0 Å². The molecule has 2 heterocycles. The number of piperazine rings is 1. The van der Waals surface area contributed by atoms with Gasteiger partial charge in [0.15, 0.2) is 0 Å². The first-order valence-electron chi connectivity index (χ1n) is 8.73. The fourth-order valence-corrected chi connectivity index (χ4v) is 4.35. The normalized spacial score (nSPS) is 15.3. The molecule has 0 unspecified atom stereocenters. The summed E-state index contributed by atoms with van der Waals surface area (Å²) in [5.41, 5.74) is 1.77. The van der Waals surface area contributed by atoms with Crippen LogP contribution in [0.25, 0.3) is 0 Å². The third-order valence-electron chi connectivity index (χ3n) is 4.38. The molecule has 0 bridgehead atoms. The number of nitrogens with zero attached hydrogens (tertiary/aromatic N) is 4. The second-order valence-corrected chi connectivity index (χ2v) is 8.44. The zero-order valence-corrected chi connectivity index (χ0v) is 16.4. The highest BCUT2D eigenvalue weighted by atomic mass is 32.2. The number of carbonyl (C=O) groups is 2. The van der Waals surface area contributed by atoms with Crippen LogP contribution in [0, 0.1) is 13.8 Å². The van der Waals surface area contributed by atoms with Crippen LogP contribution >= 0.6 is 0 Å². The van der Waals surface area contributed by atoms with Crippen molar-refractivity contribution < 1.29 is 18.0 Å². The van der Waals surface area contributed by atoms with Gasteiger partial charge in [0.25, 0.3) is 5.91 Å². The van der Waals surface area contributed by atoms with Crippen LogP contribution in [0.4, 0.5) is 5.95 Å². The summed E-state index contributed by atoms with van der Waals surface area (Å²) in [7, 11) is -3.67. The van der Waals surface area contributed by atoms with Gasteiger partial charge in [0.1, 0.15) is 0 Å². The molecule has 0 spiro atoms. The van der Waals surface area contributed by atoms with Crippen molar-refractivity contribution in [2.45, 2.75) is 18.7 Å². The standard InChI is InChI=1S/C18H21N5O4S/c1-13-11-14(2)20-18(19-13)21-17(25)15-3-5-16(6-4-15)28(26,27)23-9-7-22(12-24)8-10-23/h3-6,11-12H,7-10H2,1-2H3,(H,19,20,21,25). The van der Waals surface area contributed by atoms with E-state index in [-0.39, 0.29) is 23.9 Å². The van der Waals surface area contributed by atoms with Gasteiger partial charge in [-0.05, 0) is 44.2 Å². The maximum absolute atomic E-state index is 12.7. The van der Waals surface area contributed by atoms with Crippen molar-refractivity contribution in [1.82, 2.24) is 19.2 Å². The second kappa shape index (κ2) is 8.03. The zero-order valence-electron chi connectivity index (χ0n) is 15.6. The number of sulfonamides is 1. The Balaban J connectivity index is 1.72. The molecule has 1 aliphatic rings. The number of aryl methyl sites for hydroxylation is 2. The molecule has 1 saturated heterocycles. The predicted octanol–water partition coefficient (Wildman–Crippen LogP) is 0.808. The van der Waals surface area contributed by atoms with E-state index in [0.29, 0.717) is 18.7 Å². The van der Waals surface area contributed by atoms with Gasteiger partial charge in [0, 0.05) is 43.1 Å². The summed E-state index contributed by atoms with van der Waals surface area (Å²) < 4.78 is 26.8. The molecule has 2 aromatic rings. The summed E-state index contributed by atoms with van der Waals surface area (Å²) in [6, 6.07) is 7.50. The van der Waals surface area contributed by atoms with Crippen LogP contribution < -0.4 is 5.32 Å². The van der Waals surface area contributed by atoms with Crippen molar-refractivity contribution in [3.05, 3.63) is 47.3 Å². The second-order valence-electron chi connectivity index (χ2n) is 6.50. The largest absolute Gasteiger partial charge is 0.343 e. The Kier molecular flexibility index (Phi) is 5.71. The summed E-state index contributed by atoms with van der Waals surface area (Å²) in [5, 5.41) is 2.61. The molecule has 0 aliphatic carbocycles. The third-order valence-corrected chi connectivity index (χ3v) is 6.30. The first-order chi connectivity index (χ1) is 13.3. The Hall–Kier alpha value is -2.85. The molecule has 28 heavy (non-hydrogen) atoms. The molecular formula is C18H21N5O4S. The van der Waals surface area contributed by atoms with E-state index in [9.17, 15) is 18.0 Å². The van der Waals surface area contributed by atoms with Crippen LogP contribution in [0.3, 0.4) is 0 Å². The maximum Gasteiger partial charge on any atom is 0.258 e. The van der Waals surface area contributed by atoms with Gasteiger partial charge in [-0.25, -0.2) is 18.4 Å². The number of hydrogen-bond acceptors (Lipinski definition) is 6. The summed E-state index contributed by atoms with van der Waals surface area (Å²) >= 11 is 0. The van der Waals surface area contributed by atoms with Crippen molar-refractivity contribution in [2.24, 2.45) is 0 Å². The highest BCUT2D eigenvalue weighted by molar-refractivity contribution is 7.89. The molecule has 148 valence electrons. The van der Waals surface area contributed by atoms with Crippen molar-refractivity contribution in [3.8, 4) is 0 Å². The van der Waals surface area contributed by atoms with E-state index in [2.05, 4.69) is 15.3 Å². The lowest BCUT2D eigenvalue weighted by Gasteiger charge is -2.31. The molecule has 1 fully saturated rings. The molecule has 1 N–H and O–H groups in total. The lowest BCUT2D eigenvalue weighted by molar-refractivity contribution is -0.119. The van der Waals surface area contributed by atoms with E-state index in [0.717, 1.165) is 17.8 Å². The molecule has 1 aromatic heterocycles. The molecular weight excluding hydrogens is 382 g/mol. The minimum Gasteiger partial charge on any atom is -0.343 e. The van der Waals surface area contributed by atoms with Gasteiger partial charge < -0.3 is 4.90 Å². The topological polar surface area (TPSA) is 113 Å². The van der Waals surface area contributed by atoms with Gasteiger partial charge in [0.05, 0.1) is 4.90 Å². The average molecular weight is 403 g/mol. The number of aromatic nitrogens is 2. The number of benzene rings is 1. The van der Waals surface area contributed by atoms with Crippen LogP contribution in [-0.4, -0.2) is 66.1 Å². The number of rotatable bonds is 5. The fourth-order valence-electron chi connectivity index (χ4n) is 2.93. The Morgan fingerprint density at radius 3 is 2.14 bits per heavy atom. The van der Waals surface area contributed by atoms with Crippen LogP contribution in [0.5, 0.6) is 0 Å². The summed E-state index contributed by atoms with van der Waals surface area (Å²) in [6.07, 6.45) is 0.719. The van der Waals surface area contributed by atoms with E-state index in [1.165, 1.54) is 33.5 Å². The van der Waals surface area contributed by atoms with Crippen LogP contribution in [0.1, 0.15) is 21.7 Å². The molecule has 3 rings (SSSR count). The van der Waals surface area contributed by atoms with Crippen molar-refractivity contribution in [3.63, 3.8) is 0 Å². The van der Waals surface area contributed by atoms with Crippen LogP contribution in [0.2, 0.25) is 0 Å². The van der Waals surface area contributed by atoms with E-state index in [1.807, 2.05) is 0 Å². The van der Waals surface area contributed by atoms with E-state index in [4.69, 9.17) is 0 Å².